The molecule has 0 aliphatic carbocycles. The summed E-state index contributed by atoms with van der Waals surface area (Å²) in [5, 5.41) is 8.33. The number of amides is 1. The molecule has 0 radical (unpaired) electrons. The highest BCUT2D eigenvalue weighted by molar-refractivity contribution is 7.20. The summed E-state index contributed by atoms with van der Waals surface area (Å²) in [6, 6.07) is 15.0. The zero-order valence-corrected chi connectivity index (χ0v) is 15.7. The van der Waals surface area contributed by atoms with Crippen LogP contribution in [0, 0.1) is 18.8 Å². The van der Waals surface area contributed by atoms with Crippen molar-refractivity contribution in [2.45, 2.75) is 6.92 Å². The third kappa shape index (κ3) is 3.59. The summed E-state index contributed by atoms with van der Waals surface area (Å²) in [6.07, 6.45) is 1.71. The second-order valence-electron chi connectivity index (χ2n) is 6.04. The summed E-state index contributed by atoms with van der Waals surface area (Å²) in [5.41, 5.74) is 3.16. The third-order valence-electron chi connectivity index (χ3n) is 4.04. The van der Waals surface area contributed by atoms with Crippen molar-refractivity contribution in [3.63, 3.8) is 0 Å². The molecule has 0 bridgehead atoms. The predicted octanol–water partition coefficient (Wildman–Crippen LogP) is 3.99. The summed E-state index contributed by atoms with van der Waals surface area (Å²) >= 11 is 1.44. The lowest BCUT2D eigenvalue weighted by Crippen LogP contribution is -2.10. The first-order valence-corrected chi connectivity index (χ1v) is 9.19. The molecule has 4 aromatic rings. The largest absolute Gasteiger partial charge is 0.321 e. The lowest BCUT2D eigenvalue weighted by atomic mass is 10.2. The van der Waals surface area contributed by atoms with Crippen LogP contribution in [0.1, 0.15) is 26.6 Å². The molecule has 0 unspecified atom stereocenters. The van der Waals surface area contributed by atoms with E-state index in [2.05, 4.69) is 27.2 Å². The fourth-order valence-electron chi connectivity index (χ4n) is 2.76. The Bertz CT molecular complexity index is 1160. The molecule has 1 amide bonds. The number of nitrogens with zero attached hydrogens (tertiary/aromatic N) is 3. The minimum atomic E-state index is -0.134. The molecule has 132 valence electrons. The third-order valence-corrected chi connectivity index (χ3v) is 5.24. The molecule has 3 heterocycles. The van der Waals surface area contributed by atoms with Crippen molar-refractivity contribution in [3.05, 3.63) is 76.6 Å². The maximum Gasteiger partial charge on any atom is 0.265 e. The minimum Gasteiger partial charge on any atom is -0.321 e. The monoisotopic (exact) mass is 372 g/mol. The number of fused-ring (bicyclic) bond motifs is 1. The first kappa shape index (κ1) is 17.0. The van der Waals surface area contributed by atoms with Crippen LogP contribution < -0.4 is 5.32 Å². The second-order valence-corrected chi connectivity index (χ2v) is 7.07. The van der Waals surface area contributed by atoms with E-state index in [1.165, 1.54) is 11.3 Å². The number of nitrogens with one attached hydrogen (secondary N) is 1. The van der Waals surface area contributed by atoms with Gasteiger partial charge in [0, 0.05) is 29.9 Å². The number of carbonyl (C=O) groups excluding carboxylic acids is 1. The highest BCUT2D eigenvalue weighted by atomic mass is 32.1. The Labute approximate surface area is 160 Å². The maximum atomic E-state index is 12.6. The number of rotatable bonds is 2. The molecule has 1 aromatic carbocycles. The van der Waals surface area contributed by atoms with Crippen molar-refractivity contribution in [1.29, 1.82) is 0 Å². The smallest absolute Gasteiger partial charge is 0.265 e. The fourth-order valence-corrected chi connectivity index (χ4v) is 3.78. The van der Waals surface area contributed by atoms with E-state index in [9.17, 15) is 4.79 Å². The van der Waals surface area contributed by atoms with E-state index in [0.29, 0.717) is 16.3 Å². The van der Waals surface area contributed by atoms with Crippen molar-refractivity contribution in [2.75, 3.05) is 5.32 Å². The highest BCUT2D eigenvalue weighted by Gasteiger charge is 2.15. The van der Waals surface area contributed by atoms with Gasteiger partial charge in [-0.05, 0) is 49.2 Å². The first-order chi connectivity index (χ1) is 13.1. The number of aromatic nitrogens is 3. The molecule has 4 rings (SSSR count). The average molecular weight is 372 g/mol. The number of hydrogen-bond acceptors (Lipinski definition) is 4. The van der Waals surface area contributed by atoms with Crippen LogP contribution in [0.2, 0.25) is 0 Å². The Balaban J connectivity index is 1.54. The summed E-state index contributed by atoms with van der Waals surface area (Å²) in [5.74, 6) is 5.96. The Morgan fingerprint density at radius 2 is 2.04 bits per heavy atom. The van der Waals surface area contributed by atoms with Gasteiger partial charge in [-0.25, -0.2) is 4.98 Å². The highest BCUT2D eigenvalue weighted by Crippen LogP contribution is 2.28. The van der Waals surface area contributed by atoms with Gasteiger partial charge in [0.25, 0.3) is 5.91 Å². The van der Waals surface area contributed by atoms with Gasteiger partial charge in [-0.3, -0.25) is 9.48 Å². The van der Waals surface area contributed by atoms with Crippen LogP contribution in [0.3, 0.4) is 0 Å². The van der Waals surface area contributed by atoms with Crippen LogP contribution >= 0.6 is 11.3 Å². The Hall–Kier alpha value is -3.43. The number of thiophene rings is 1. The Morgan fingerprint density at radius 1 is 1.15 bits per heavy atom. The summed E-state index contributed by atoms with van der Waals surface area (Å²) < 4.78 is 1.81. The van der Waals surface area contributed by atoms with Crippen molar-refractivity contribution in [3.8, 4) is 11.8 Å². The molecule has 0 saturated carbocycles. The lowest BCUT2D eigenvalue weighted by Gasteiger charge is -2.03. The topological polar surface area (TPSA) is 59.8 Å². The lowest BCUT2D eigenvalue weighted by molar-refractivity contribution is 0.103. The van der Waals surface area contributed by atoms with Gasteiger partial charge in [0.2, 0.25) is 0 Å². The van der Waals surface area contributed by atoms with Crippen LogP contribution in [0.4, 0.5) is 5.69 Å². The van der Waals surface area contributed by atoms with Crippen molar-refractivity contribution in [2.24, 2.45) is 7.05 Å². The van der Waals surface area contributed by atoms with Gasteiger partial charge in [-0.15, -0.1) is 11.3 Å². The summed E-state index contributed by atoms with van der Waals surface area (Å²) in [7, 11) is 1.89. The normalized spacial score (nSPS) is 10.4. The van der Waals surface area contributed by atoms with E-state index in [1.54, 1.807) is 10.9 Å². The SMILES string of the molecule is Cc1nn(C)c2sc(C(=O)Nc3cccc(C#Cc4ccccn4)c3)cc12. The van der Waals surface area contributed by atoms with Gasteiger partial charge < -0.3 is 5.32 Å². The van der Waals surface area contributed by atoms with E-state index < -0.39 is 0 Å². The molecule has 6 heteroatoms. The first-order valence-electron chi connectivity index (χ1n) is 8.38. The number of anilines is 1. The zero-order chi connectivity index (χ0) is 18.8. The van der Waals surface area contributed by atoms with Gasteiger partial charge >= 0.3 is 0 Å². The molecule has 27 heavy (non-hydrogen) atoms. The number of aryl methyl sites for hydroxylation is 2. The molecule has 0 atom stereocenters. The van der Waals surface area contributed by atoms with Crippen LogP contribution in [-0.4, -0.2) is 20.7 Å². The van der Waals surface area contributed by atoms with E-state index in [0.717, 1.165) is 21.5 Å². The van der Waals surface area contributed by atoms with Crippen LogP contribution in [0.5, 0.6) is 0 Å². The van der Waals surface area contributed by atoms with Gasteiger partial charge in [0.15, 0.2) is 0 Å². The molecular weight excluding hydrogens is 356 g/mol. The molecular formula is C21H16N4OS. The molecule has 1 N–H and O–H groups in total. The summed E-state index contributed by atoms with van der Waals surface area (Å²) in [6.45, 7) is 1.94. The fraction of sp³-hybridized carbons (Fsp3) is 0.0952. The summed E-state index contributed by atoms with van der Waals surface area (Å²) in [4.78, 5) is 18.5. The van der Waals surface area contributed by atoms with E-state index in [-0.39, 0.29) is 5.91 Å². The predicted molar refractivity (Wildman–Crippen MR) is 108 cm³/mol. The number of benzene rings is 1. The van der Waals surface area contributed by atoms with Gasteiger partial charge in [0.1, 0.15) is 10.5 Å². The van der Waals surface area contributed by atoms with Gasteiger partial charge in [-0.2, -0.15) is 5.10 Å². The molecule has 0 aliphatic heterocycles. The maximum absolute atomic E-state index is 12.6. The molecule has 5 nitrogen and oxygen atoms in total. The molecule has 0 saturated heterocycles. The quantitative estimate of drug-likeness (QED) is 0.541. The molecule has 0 spiro atoms. The van der Waals surface area contributed by atoms with Crippen LogP contribution in [0.25, 0.3) is 10.2 Å². The number of carbonyl (C=O) groups is 1. The Kier molecular flexibility index (Phi) is 4.45. The van der Waals surface area contributed by atoms with Crippen LogP contribution in [-0.2, 0) is 7.05 Å². The number of pyridine rings is 1. The number of hydrogen-bond donors (Lipinski definition) is 1. The standard InChI is InChI=1S/C21H16N4OS/c1-14-18-13-19(27-21(18)25(2)24-14)20(26)23-17-8-5-6-15(12-17)9-10-16-7-3-4-11-22-16/h3-8,11-13H,1-2H3,(H,23,26). The van der Waals surface area contributed by atoms with Crippen molar-refractivity contribution >= 4 is 33.1 Å². The van der Waals surface area contributed by atoms with Crippen molar-refractivity contribution in [1.82, 2.24) is 14.8 Å². The van der Waals surface area contributed by atoms with Gasteiger partial charge in [-0.1, -0.05) is 18.1 Å². The van der Waals surface area contributed by atoms with E-state index in [4.69, 9.17) is 0 Å². The molecule has 0 fully saturated rings. The molecule has 0 aliphatic rings. The van der Waals surface area contributed by atoms with E-state index >= 15 is 0 Å². The average Bonchev–Trinajstić information content (AvgIpc) is 3.23. The Morgan fingerprint density at radius 3 is 2.81 bits per heavy atom. The van der Waals surface area contributed by atoms with Crippen molar-refractivity contribution < 1.29 is 4.79 Å². The van der Waals surface area contributed by atoms with Gasteiger partial charge in [0.05, 0.1) is 10.6 Å². The zero-order valence-electron chi connectivity index (χ0n) is 14.9. The minimum absolute atomic E-state index is 0.134. The molecule has 3 aromatic heterocycles. The van der Waals surface area contributed by atoms with E-state index in [1.807, 2.05) is 62.5 Å². The second kappa shape index (κ2) is 7.06. The van der Waals surface area contributed by atoms with Crippen LogP contribution in [0.15, 0.2) is 54.7 Å².